The van der Waals surface area contributed by atoms with Gasteiger partial charge in [-0.1, -0.05) is 18.2 Å². The van der Waals surface area contributed by atoms with Crippen molar-refractivity contribution in [2.45, 2.75) is 17.2 Å². The van der Waals surface area contributed by atoms with Crippen LogP contribution in [-0.2, 0) is 4.79 Å². The summed E-state index contributed by atoms with van der Waals surface area (Å²) in [4.78, 5) is 15.1. The van der Waals surface area contributed by atoms with Crippen LogP contribution in [0.3, 0.4) is 0 Å². The molecule has 0 fully saturated rings. The van der Waals surface area contributed by atoms with E-state index >= 15 is 0 Å². The minimum absolute atomic E-state index is 0.00320. The molecule has 3 nitrogen and oxygen atoms in total. The van der Waals surface area contributed by atoms with Crippen molar-refractivity contribution >= 4 is 23.4 Å². The lowest BCUT2D eigenvalue weighted by atomic mass is 10.3. The molecule has 1 unspecified atom stereocenters. The van der Waals surface area contributed by atoms with Gasteiger partial charge in [0.25, 0.3) is 0 Å². The maximum absolute atomic E-state index is 12.0. The van der Waals surface area contributed by atoms with Gasteiger partial charge < -0.3 is 5.32 Å². The number of carbonyl (C=O) groups is 1. The zero-order chi connectivity index (χ0) is 12.8. The molecule has 1 heterocycles. The molecular weight excluding hydrogens is 244 g/mol. The highest BCUT2D eigenvalue weighted by atomic mass is 32.2. The van der Waals surface area contributed by atoms with Crippen LogP contribution in [-0.4, -0.2) is 11.2 Å². The number of hydrogen-bond acceptors (Lipinski definition) is 2. The van der Waals surface area contributed by atoms with Crippen LogP contribution in [0.25, 0.3) is 0 Å². The monoisotopic (exact) mass is 259 g/mol. The third kappa shape index (κ3) is 3.60. The summed E-state index contributed by atoms with van der Waals surface area (Å²) in [6.07, 6.45) is 1.85. The van der Waals surface area contributed by atoms with Crippen molar-refractivity contribution in [1.82, 2.24) is 0 Å². The van der Waals surface area contributed by atoms with E-state index in [9.17, 15) is 4.79 Å². The summed E-state index contributed by atoms with van der Waals surface area (Å²) in [5.74, 6) is 0.00320. The maximum atomic E-state index is 12.0. The Bertz CT molecular complexity index is 502. The summed E-state index contributed by atoms with van der Waals surface area (Å²) in [6.45, 7) is 1.89. The summed E-state index contributed by atoms with van der Waals surface area (Å²) in [6, 6.07) is 15.3. The third-order valence-corrected chi connectivity index (χ3v) is 3.47. The minimum atomic E-state index is -0.149. The summed E-state index contributed by atoms with van der Waals surface area (Å²) in [5.41, 5.74) is 0.826. The number of benzene rings is 1. The molecule has 0 aliphatic heterocycles. The van der Waals surface area contributed by atoms with Crippen LogP contribution in [0.5, 0.6) is 0 Å². The van der Waals surface area contributed by atoms with Crippen LogP contribution in [0.2, 0.25) is 0 Å². The Morgan fingerprint density at radius 3 is 2.56 bits per heavy atom. The number of para-hydroxylation sites is 1. The fourth-order valence-electron chi connectivity index (χ4n) is 1.46. The van der Waals surface area contributed by atoms with Gasteiger partial charge in [-0.05, 0) is 36.9 Å². The van der Waals surface area contributed by atoms with Crippen molar-refractivity contribution in [3.63, 3.8) is 0 Å². The molecule has 2 N–H and O–H groups in total. The van der Waals surface area contributed by atoms with Crippen molar-refractivity contribution in [3.05, 3.63) is 54.7 Å². The molecule has 4 heteroatoms. The zero-order valence-corrected chi connectivity index (χ0v) is 10.9. The van der Waals surface area contributed by atoms with E-state index in [-0.39, 0.29) is 11.2 Å². The molecule has 0 radical (unpaired) electrons. The van der Waals surface area contributed by atoms with E-state index in [0.717, 1.165) is 10.7 Å². The number of rotatable bonds is 4. The normalized spacial score (nSPS) is 11.8. The summed E-state index contributed by atoms with van der Waals surface area (Å²) in [5, 5.41) is 3.72. The van der Waals surface area contributed by atoms with Gasteiger partial charge in [0.05, 0.1) is 5.25 Å². The van der Waals surface area contributed by atoms with Crippen molar-refractivity contribution in [2.24, 2.45) is 0 Å². The lowest BCUT2D eigenvalue weighted by Gasteiger charge is -2.09. The molecule has 1 atom stereocenters. The van der Waals surface area contributed by atoms with E-state index in [4.69, 9.17) is 0 Å². The minimum Gasteiger partial charge on any atom is -0.325 e. The fraction of sp³-hybridized carbons (Fsp3) is 0.143. The second-order valence-corrected chi connectivity index (χ2v) is 5.22. The van der Waals surface area contributed by atoms with Gasteiger partial charge in [-0.15, -0.1) is 0 Å². The van der Waals surface area contributed by atoms with Gasteiger partial charge in [0, 0.05) is 17.8 Å². The van der Waals surface area contributed by atoms with E-state index in [2.05, 4.69) is 10.3 Å². The van der Waals surface area contributed by atoms with E-state index < -0.39 is 0 Å². The summed E-state index contributed by atoms with van der Waals surface area (Å²) in [7, 11) is 0. The highest BCUT2D eigenvalue weighted by Gasteiger charge is 2.17. The van der Waals surface area contributed by atoms with Crippen LogP contribution in [0, 0.1) is 0 Å². The Balaban J connectivity index is 1.93. The van der Waals surface area contributed by atoms with Gasteiger partial charge in [0.15, 0.2) is 6.20 Å². The number of thioether (sulfide) groups is 1. The number of pyridine rings is 1. The number of hydrogen-bond donors (Lipinski definition) is 1. The molecule has 2 aromatic rings. The molecule has 2 rings (SSSR count). The number of carbonyl (C=O) groups excluding carboxylic acids is 1. The van der Waals surface area contributed by atoms with Gasteiger partial charge in [0.2, 0.25) is 10.9 Å². The predicted octanol–water partition coefficient (Wildman–Crippen LogP) is 2.62. The van der Waals surface area contributed by atoms with Crippen molar-refractivity contribution < 1.29 is 9.78 Å². The van der Waals surface area contributed by atoms with Crippen molar-refractivity contribution in [2.75, 3.05) is 5.32 Å². The molecule has 0 bridgehead atoms. The lowest BCUT2D eigenvalue weighted by Crippen LogP contribution is -2.23. The van der Waals surface area contributed by atoms with E-state index in [0.29, 0.717) is 0 Å². The highest BCUT2D eigenvalue weighted by Crippen LogP contribution is 2.19. The smallest absolute Gasteiger partial charge is 0.239 e. The molecule has 92 valence electrons. The van der Waals surface area contributed by atoms with E-state index in [1.54, 1.807) is 0 Å². The molecule has 1 aromatic carbocycles. The quantitative estimate of drug-likeness (QED) is 0.858. The third-order valence-electron chi connectivity index (χ3n) is 2.39. The average molecular weight is 259 g/mol. The molecule has 1 amide bonds. The molecule has 0 saturated carbocycles. The van der Waals surface area contributed by atoms with Crippen LogP contribution in [0.15, 0.2) is 59.8 Å². The van der Waals surface area contributed by atoms with Crippen LogP contribution >= 0.6 is 11.8 Å². The molecule has 0 saturated heterocycles. The first-order chi connectivity index (χ1) is 8.75. The number of nitrogens with one attached hydrogen (secondary N) is 2. The van der Waals surface area contributed by atoms with Crippen LogP contribution in [0.1, 0.15) is 6.92 Å². The Morgan fingerprint density at radius 1 is 1.17 bits per heavy atom. The summed E-state index contributed by atoms with van der Waals surface area (Å²) < 4.78 is 0. The number of aromatic amines is 1. The van der Waals surface area contributed by atoms with E-state index in [1.165, 1.54) is 11.8 Å². The molecule has 18 heavy (non-hydrogen) atoms. The Labute approximate surface area is 111 Å². The van der Waals surface area contributed by atoms with Crippen molar-refractivity contribution in [3.8, 4) is 0 Å². The first kappa shape index (κ1) is 12.6. The second kappa shape index (κ2) is 6.21. The van der Waals surface area contributed by atoms with Gasteiger partial charge in [-0.25, -0.2) is 4.98 Å². The number of amides is 1. The van der Waals surface area contributed by atoms with Crippen molar-refractivity contribution in [1.29, 1.82) is 0 Å². The molecule has 1 aromatic heterocycles. The predicted molar refractivity (Wildman–Crippen MR) is 73.4 cm³/mol. The Hall–Kier alpha value is -1.81. The van der Waals surface area contributed by atoms with Crippen LogP contribution in [0.4, 0.5) is 5.69 Å². The highest BCUT2D eigenvalue weighted by molar-refractivity contribution is 8.00. The second-order valence-electron chi connectivity index (χ2n) is 3.84. The molecular formula is C14H15N2OS+. The SMILES string of the molecule is CC(Sc1cccc[nH+]1)C(=O)Nc1ccccc1. The Kier molecular flexibility index (Phi) is 4.36. The topological polar surface area (TPSA) is 43.2 Å². The number of anilines is 1. The molecule has 0 aliphatic carbocycles. The number of H-pyrrole nitrogens is 1. The zero-order valence-electron chi connectivity index (χ0n) is 10.1. The van der Waals surface area contributed by atoms with Gasteiger partial charge in [0.1, 0.15) is 0 Å². The maximum Gasteiger partial charge on any atom is 0.239 e. The first-order valence-electron chi connectivity index (χ1n) is 5.75. The first-order valence-corrected chi connectivity index (χ1v) is 6.63. The standard InChI is InChI=1S/C14H14N2OS/c1-11(18-13-9-5-6-10-15-13)14(17)16-12-7-3-2-4-8-12/h2-11H,1H3,(H,16,17)/p+1. The Morgan fingerprint density at radius 2 is 1.89 bits per heavy atom. The van der Waals surface area contributed by atoms with Gasteiger partial charge in [-0.2, -0.15) is 0 Å². The lowest BCUT2D eigenvalue weighted by molar-refractivity contribution is -0.426. The summed E-state index contributed by atoms with van der Waals surface area (Å²) >= 11 is 1.50. The van der Waals surface area contributed by atoms with E-state index in [1.807, 2.05) is 61.7 Å². The van der Waals surface area contributed by atoms with Crippen LogP contribution < -0.4 is 10.3 Å². The fourth-order valence-corrected chi connectivity index (χ4v) is 2.30. The largest absolute Gasteiger partial charge is 0.325 e. The number of aromatic nitrogens is 1. The molecule has 0 aliphatic rings. The van der Waals surface area contributed by atoms with Gasteiger partial charge >= 0.3 is 0 Å². The molecule has 0 spiro atoms. The van der Waals surface area contributed by atoms with Gasteiger partial charge in [-0.3, -0.25) is 4.79 Å². The average Bonchev–Trinajstić information content (AvgIpc) is 2.41.